The monoisotopic (exact) mass is 145 g/mol. The van der Waals surface area contributed by atoms with E-state index in [2.05, 4.69) is 17.7 Å². The third-order valence-corrected chi connectivity index (χ3v) is 1.38. The van der Waals surface area contributed by atoms with E-state index in [0.717, 1.165) is 26.1 Å². The highest BCUT2D eigenvalue weighted by molar-refractivity contribution is 4.47. The van der Waals surface area contributed by atoms with Crippen LogP contribution in [0.1, 0.15) is 26.2 Å². The maximum atomic E-state index is 5.09. The molecule has 0 rings (SSSR count). The molecular formula is C7H19N3. The van der Waals surface area contributed by atoms with Gasteiger partial charge in [-0.25, -0.2) is 0 Å². The van der Waals surface area contributed by atoms with Gasteiger partial charge in [0.25, 0.3) is 0 Å². The first-order valence-electron chi connectivity index (χ1n) is 4.06. The van der Waals surface area contributed by atoms with E-state index in [9.17, 15) is 0 Å². The average Bonchev–Trinajstić information content (AvgIpc) is 1.97. The van der Waals surface area contributed by atoms with Crippen molar-refractivity contribution in [1.82, 2.24) is 10.7 Å². The Morgan fingerprint density at radius 1 is 1.10 bits per heavy atom. The molecule has 4 N–H and O–H groups in total. The van der Waals surface area contributed by atoms with Gasteiger partial charge in [0, 0.05) is 6.54 Å². The van der Waals surface area contributed by atoms with Crippen molar-refractivity contribution < 1.29 is 0 Å². The smallest absolute Gasteiger partial charge is 0.0109 e. The fourth-order valence-corrected chi connectivity index (χ4v) is 0.742. The van der Waals surface area contributed by atoms with Crippen LogP contribution in [0.25, 0.3) is 0 Å². The Balaban J connectivity index is 2.65. The second-order valence-electron chi connectivity index (χ2n) is 2.41. The standard InChI is InChI=1S/C7H19N3/c1-2-3-5-9-6-4-7-10-8/h9-10H,2-8H2,1H3. The van der Waals surface area contributed by atoms with Gasteiger partial charge in [-0.05, 0) is 25.9 Å². The van der Waals surface area contributed by atoms with Gasteiger partial charge in [0.15, 0.2) is 0 Å². The van der Waals surface area contributed by atoms with Gasteiger partial charge in [0.05, 0.1) is 0 Å². The molecule has 0 unspecified atom stereocenters. The Kier molecular flexibility index (Phi) is 8.77. The van der Waals surface area contributed by atoms with E-state index in [4.69, 9.17) is 5.84 Å². The van der Waals surface area contributed by atoms with E-state index in [0.29, 0.717) is 0 Å². The van der Waals surface area contributed by atoms with E-state index >= 15 is 0 Å². The van der Waals surface area contributed by atoms with E-state index in [-0.39, 0.29) is 0 Å². The van der Waals surface area contributed by atoms with Crippen molar-refractivity contribution in [1.29, 1.82) is 0 Å². The number of unbranched alkanes of at least 4 members (excludes halogenated alkanes) is 1. The zero-order valence-electron chi connectivity index (χ0n) is 6.82. The molecule has 0 aliphatic heterocycles. The van der Waals surface area contributed by atoms with Gasteiger partial charge >= 0.3 is 0 Å². The highest BCUT2D eigenvalue weighted by Crippen LogP contribution is 1.82. The van der Waals surface area contributed by atoms with Crippen molar-refractivity contribution in [2.45, 2.75) is 26.2 Å². The van der Waals surface area contributed by atoms with Crippen molar-refractivity contribution in [3.63, 3.8) is 0 Å². The van der Waals surface area contributed by atoms with Crippen LogP contribution >= 0.6 is 0 Å². The molecule has 62 valence electrons. The summed E-state index contributed by atoms with van der Waals surface area (Å²) < 4.78 is 0. The molecule has 3 nitrogen and oxygen atoms in total. The molecule has 0 fully saturated rings. The molecule has 10 heavy (non-hydrogen) atoms. The van der Waals surface area contributed by atoms with Crippen LogP contribution in [0.3, 0.4) is 0 Å². The Morgan fingerprint density at radius 3 is 2.40 bits per heavy atom. The zero-order chi connectivity index (χ0) is 7.66. The van der Waals surface area contributed by atoms with Crippen LogP contribution in [-0.2, 0) is 0 Å². The zero-order valence-corrected chi connectivity index (χ0v) is 6.82. The van der Waals surface area contributed by atoms with Crippen LogP contribution in [0.5, 0.6) is 0 Å². The van der Waals surface area contributed by atoms with E-state index in [1.807, 2.05) is 0 Å². The molecule has 0 saturated heterocycles. The van der Waals surface area contributed by atoms with Gasteiger partial charge in [-0.3, -0.25) is 11.3 Å². The summed E-state index contributed by atoms with van der Waals surface area (Å²) >= 11 is 0. The SMILES string of the molecule is CCCCNCCCNN. The first-order valence-corrected chi connectivity index (χ1v) is 4.06. The van der Waals surface area contributed by atoms with Crippen molar-refractivity contribution in [3.05, 3.63) is 0 Å². The van der Waals surface area contributed by atoms with Crippen molar-refractivity contribution in [2.24, 2.45) is 5.84 Å². The Hall–Kier alpha value is -0.120. The minimum absolute atomic E-state index is 0.902. The lowest BCUT2D eigenvalue weighted by atomic mass is 10.3. The molecule has 0 radical (unpaired) electrons. The lowest BCUT2D eigenvalue weighted by molar-refractivity contribution is 0.590. The summed E-state index contributed by atoms with van der Waals surface area (Å²) in [6.07, 6.45) is 3.65. The fourth-order valence-electron chi connectivity index (χ4n) is 0.742. The number of hydrogen-bond donors (Lipinski definition) is 3. The van der Waals surface area contributed by atoms with Crippen LogP contribution < -0.4 is 16.6 Å². The van der Waals surface area contributed by atoms with Gasteiger partial charge in [-0.1, -0.05) is 13.3 Å². The van der Waals surface area contributed by atoms with Crippen LogP contribution in [0.2, 0.25) is 0 Å². The highest BCUT2D eigenvalue weighted by Gasteiger charge is 1.85. The summed E-state index contributed by atoms with van der Waals surface area (Å²) in [6, 6.07) is 0. The minimum Gasteiger partial charge on any atom is -0.317 e. The first kappa shape index (κ1) is 9.88. The summed E-state index contributed by atoms with van der Waals surface area (Å²) in [5.74, 6) is 5.09. The quantitative estimate of drug-likeness (QED) is 0.273. The normalized spacial score (nSPS) is 10.2. The molecule has 3 heteroatoms. The summed E-state index contributed by atoms with van der Waals surface area (Å²) in [5.41, 5.74) is 2.62. The second kappa shape index (κ2) is 8.88. The van der Waals surface area contributed by atoms with Gasteiger partial charge in [0.2, 0.25) is 0 Å². The third kappa shape index (κ3) is 7.88. The van der Waals surface area contributed by atoms with Gasteiger partial charge in [0.1, 0.15) is 0 Å². The van der Waals surface area contributed by atoms with Crippen LogP contribution in [0.4, 0.5) is 0 Å². The van der Waals surface area contributed by atoms with E-state index < -0.39 is 0 Å². The molecular weight excluding hydrogens is 126 g/mol. The summed E-state index contributed by atoms with van der Waals surface area (Å²) in [7, 11) is 0. The van der Waals surface area contributed by atoms with Crippen molar-refractivity contribution in [3.8, 4) is 0 Å². The first-order chi connectivity index (χ1) is 4.91. The van der Waals surface area contributed by atoms with Gasteiger partial charge in [-0.15, -0.1) is 0 Å². The number of nitrogens with one attached hydrogen (secondary N) is 2. The number of rotatable bonds is 7. The summed E-state index contributed by atoms with van der Waals surface area (Å²) in [4.78, 5) is 0. The average molecular weight is 145 g/mol. The predicted octanol–water partition coefficient (Wildman–Crippen LogP) is 0.230. The predicted molar refractivity (Wildman–Crippen MR) is 44.6 cm³/mol. The number of nitrogens with two attached hydrogens (primary N) is 1. The molecule has 0 spiro atoms. The molecule has 0 aromatic heterocycles. The van der Waals surface area contributed by atoms with Crippen molar-refractivity contribution in [2.75, 3.05) is 19.6 Å². The van der Waals surface area contributed by atoms with Crippen LogP contribution in [-0.4, -0.2) is 19.6 Å². The Labute approximate surface area is 63.3 Å². The van der Waals surface area contributed by atoms with Crippen LogP contribution in [0, 0.1) is 0 Å². The molecule has 0 heterocycles. The maximum absolute atomic E-state index is 5.09. The molecule has 0 aromatic rings. The Morgan fingerprint density at radius 2 is 1.80 bits per heavy atom. The summed E-state index contributed by atoms with van der Waals surface area (Å²) in [5, 5.41) is 3.33. The molecule has 0 saturated carbocycles. The lowest BCUT2D eigenvalue weighted by Crippen LogP contribution is -2.26. The molecule has 0 aliphatic rings. The molecule has 0 atom stereocenters. The van der Waals surface area contributed by atoms with E-state index in [1.54, 1.807) is 0 Å². The Bertz CT molecular complexity index is 48.8. The topological polar surface area (TPSA) is 50.1 Å². The largest absolute Gasteiger partial charge is 0.317 e. The lowest BCUT2D eigenvalue weighted by Gasteiger charge is -2.01. The molecule has 0 amide bonds. The van der Waals surface area contributed by atoms with Gasteiger partial charge < -0.3 is 5.32 Å². The number of hydrogen-bond acceptors (Lipinski definition) is 3. The third-order valence-electron chi connectivity index (χ3n) is 1.38. The molecule has 0 aliphatic carbocycles. The summed E-state index contributed by atoms with van der Waals surface area (Å²) in [6.45, 7) is 5.31. The highest BCUT2D eigenvalue weighted by atomic mass is 15.2. The fraction of sp³-hybridized carbons (Fsp3) is 1.00. The van der Waals surface area contributed by atoms with Crippen molar-refractivity contribution >= 4 is 0 Å². The van der Waals surface area contributed by atoms with Gasteiger partial charge in [-0.2, -0.15) is 0 Å². The molecule has 0 bridgehead atoms. The number of hydrazine groups is 1. The molecule has 0 aromatic carbocycles. The van der Waals surface area contributed by atoms with E-state index in [1.165, 1.54) is 12.8 Å². The maximum Gasteiger partial charge on any atom is 0.0109 e. The van der Waals surface area contributed by atoms with Crippen LogP contribution in [0.15, 0.2) is 0 Å². The second-order valence-corrected chi connectivity index (χ2v) is 2.41. The minimum atomic E-state index is 0.902.